The van der Waals surface area contributed by atoms with Crippen LogP contribution in [0.2, 0.25) is 0 Å². The Bertz CT molecular complexity index is 1350. The van der Waals surface area contributed by atoms with Gasteiger partial charge in [0.25, 0.3) is 0 Å². The van der Waals surface area contributed by atoms with Crippen LogP contribution < -0.4 is 0 Å². The predicted molar refractivity (Wildman–Crippen MR) is 182 cm³/mol. The zero-order chi connectivity index (χ0) is 30.3. The van der Waals surface area contributed by atoms with Gasteiger partial charge in [0.2, 0.25) is 0 Å². The molecule has 0 radical (unpaired) electrons. The van der Waals surface area contributed by atoms with E-state index in [0.717, 1.165) is 44.9 Å². The van der Waals surface area contributed by atoms with E-state index in [1.165, 1.54) is 5.56 Å². The van der Waals surface area contributed by atoms with Crippen molar-refractivity contribution in [1.29, 1.82) is 0 Å². The van der Waals surface area contributed by atoms with Crippen LogP contribution in [0.3, 0.4) is 0 Å². The largest absolute Gasteiger partial charge is 0.251 e. The average Bonchev–Trinajstić information content (AvgIpc) is 3.05. The van der Waals surface area contributed by atoms with Gasteiger partial charge in [-0.05, 0) is 88.3 Å². The Hall–Kier alpha value is -3.15. The fourth-order valence-electron chi connectivity index (χ4n) is 3.48. The highest BCUT2D eigenvalue weighted by molar-refractivity contribution is 7.78. The molecule has 0 spiro atoms. The Kier molecular flexibility index (Phi) is 20.9. The standard InChI is InChI=1S/C27H20NO2PS.4C2H6/c29-30-27(25-12-11-23-15-21(17-31)5-10-24(23)16-25)22-8-3-19(4-9-22)1-2-20-6-13-26(14-7-20)28-18-32;4*1-2/h3-16,27,29H,17,31H2;4*1-2H3. The minimum absolute atomic E-state index is 0.572. The van der Waals surface area contributed by atoms with E-state index < -0.39 is 6.10 Å². The van der Waals surface area contributed by atoms with Crippen LogP contribution >= 0.6 is 21.5 Å². The van der Waals surface area contributed by atoms with Crippen molar-refractivity contribution in [3.63, 3.8) is 0 Å². The highest BCUT2D eigenvalue weighted by atomic mass is 32.1. The number of nitrogens with zero attached hydrogens (tertiary/aromatic N) is 1. The van der Waals surface area contributed by atoms with Crippen molar-refractivity contribution >= 4 is 43.1 Å². The lowest BCUT2D eigenvalue weighted by molar-refractivity contribution is -0.270. The zero-order valence-corrected chi connectivity index (χ0v) is 27.1. The van der Waals surface area contributed by atoms with Gasteiger partial charge in [-0.1, -0.05) is 110 Å². The maximum atomic E-state index is 9.62. The molecule has 0 heterocycles. The number of hydrogen-bond donors (Lipinski definition) is 1. The monoisotopic (exact) mass is 573 g/mol. The molecular weight excluding hydrogens is 529 g/mol. The van der Waals surface area contributed by atoms with E-state index in [-0.39, 0.29) is 0 Å². The molecule has 4 rings (SSSR count). The summed E-state index contributed by atoms with van der Waals surface area (Å²) in [5.41, 5.74) is 5.51. The minimum atomic E-state index is -0.572. The molecule has 0 saturated carbocycles. The van der Waals surface area contributed by atoms with E-state index in [1.54, 1.807) is 0 Å². The van der Waals surface area contributed by atoms with Crippen LogP contribution in [0.1, 0.15) is 89.3 Å². The second-order valence-corrected chi connectivity index (χ2v) is 7.84. The van der Waals surface area contributed by atoms with Gasteiger partial charge in [0.05, 0.1) is 10.8 Å². The summed E-state index contributed by atoms with van der Waals surface area (Å²) in [4.78, 5) is 8.79. The topological polar surface area (TPSA) is 41.8 Å². The molecule has 0 aliphatic rings. The number of hydrogen-bond acceptors (Lipinski definition) is 4. The molecule has 2 atom stereocenters. The van der Waals surface area contributed by atoms with Crippen molar-refractivity contribution in [3.8, 4) is 11.8 Å². The molecule has 0 bridgehead atoms. The highest BCUT2D eigenvalue weighted by Gasteiger charge is 2.15. The maximum Gasteiger partial charge on any atom is 0.143 e. The quantitative estimate of drug-likeness (QED) is 0.0645. The molecule has 0 aliphatic heterocycles. The van der Waals surface area contributed by atoms with Gasteiger partial charge in [0.15, 0.2) is 0 Å². The summed E-state index contributed by atoms with van der Waals surface area (Å²) in [7, 11) is 2.74. The number of aliphatic imine (C=N–C) groups is 1. The molecule has 0 aromatic heterocycles. The van der Waals surface area contributed by atoms with Gasteiger partial charge in [-0.2, -0.15) is 4.99 Å². The second-order valence-electron chi connectivity index (χ2n) is 7.25. The summed E-state index contributed by atoms with van der Waals surface area (Å²) in [5.74, 6) is 6.28. The number of fused-ring (bicyclic) bond motifs is 1. The second kappa shape index (κ2) is 22.6. The third kappa shape index (κ3) is 11.5. The van der Waals surface area contributed by atoms with Gasteiger partial charge in [-0.15, -0.1) is 9.24 Å². The Balaban J connectivity index is 0.00000175. The smallest absolute Gasteiger partial charge is 0.143 e. The molecule has 40 heavy (non-hydrogen) atoms. The van der Waals surface area contributed by atoms with Crippen molar-refractivity contribution in [1.82, 2.24) is 0 Å². The molecule has 3 nitrogen and oxygen atoms in total. The molecule has 5 heteroatoms. The van der Waals surface area contributed by atoms with Crippen molar-refractivity contribution in [3.05, 3.63) is 113 Å². The number of isothiocyanates is 1. The van der Waals surface area contributed by atoms with Crippen LogP contribution in [0, 0.1) is 11.8 Å². The summed E-state index contributed by atoms with van der Waals surface area (Å²) in [6.07, 6.45) is 0.347. The first kappa shape index (κ1) is 36.8. The van der Waals surface area contributed by atoms with E-state index in [4.69, 9.17) is 4.89 Å². The Morgan fingerprint density at radius 1 is 0.700 bits per heavy atom. The Labute approximate surface area is 249 Å². The normalized spacial score (nSPS) is 9.65. The van der Waals surface area contributed by atoms with Crippen LogP contribution in [-0.4, -0.2) is 10.4 Å². The molecule has 1 N–H and O–H groups in total. The first-order valence-corrected chi connectivity index (χ1v) is 15.3. The van der Waals surface area contributed by atoms with Gasteiger partial charge < -0.3 is 0 Å². The number of rotatable bonds is 5. The van der Waals surface area contributed by atoms with E-state index in [9.17, 15) is 5.26 Å². The average molecular weight is 574 g/mol. The number of thiocarbonyl (C=S) groups is 1. The van der Waals surface area contributed by atoms with Crippen LogP contribution in [-0.2, 0) is 11.0 Å². The number of benzene rings is 4. The van der Waals surface area contributed by atoms with Gasteiger partial charge in [-0.25, -0.2) is 4.89 Å². The fraction of sp³-hybridized carbons (Fsp3) is 0.286. The maximum absolute atomic E-state index is 9.62. The molecule has 4 aromatic carbocycles. The summed E-state index contributed by atoms with van der Waals surface area (Å²) in [6, 6.07) is 27.6. The molecular formula is C35H44NO2PS. The predicted octanol–water partition coefficient (Wildman–Crippen LogP) is 11.0. The molecule has 212 valence electrons. The van der Waals surface area contributed by atoms with Crippen molar-refractivity contribution in [2.75, 3.05) is 0 Å². The zero-order valence-electron chi connectivity index (χ0n) is 25.2. The summed E-state index contributed by atoms with van der Waals surface area (Å²) in [6.45, 7) is 16.0. The molecule has 0 amide bonds. The summed E-state index contributed by atoms with van der Waals surface area (Å²) >= 11 is 4.61. The fourth-order valence-corrected chi connectivity index (χ4v) is 3.83. The molecule has 4 aromatic rings. The SMILES string of the molecule is CC.CC.CC.CC.OOC(c1ccc(C#Cc2ccc(N=C=S)cc2)cc1)c1ccc2cc(CP)ccc2c1. The van der Waals surface area contributed by atoms with Crippen molar-refractivity contribution in [2.45, 2.75) is 67.7 Å². The van der Waals surface area contributed by atoms with E-state index in [2.05, 4.69) is 67.7 Å². The highest BCUT2D eigenvalue weighted by Crippen LogP contribution is 2.29. The van der Waals surface area contributed by atoms with Crippen LogP contribution in [0.15, 0.2) is 89.9 Å². The third-order valence-corrected chi connectivity index (χ3v) is 5.74. The van der Waals surface area contributed by atoms with Gasteiger partial charge in [-0.3, -0.25) is 5.26 Å². The Morgan fingerprint density at radius 3 is 1.68 bits per heavy atom. The minimum Gasteiger partial charge on any atom is -0.251 e. The lowest BCUT2D eigenvalue weighted by Crippen LogP contribution is -2.04. The van der Waals surface area contributed by atoms with Crippen LogP contribution in [0.5, 0.6) is 0 Å². The van der Waals surface area contributed by atoms with E-state index >= 15 is 0 Å². The van der Waals surface area contributed by atoms with Crippen molar-refractivity contribution in [2.24, 2.45) is 4.99 Å². The van der Waals surface area contributed by atoms with Gasteiger partial charge in [0.1, 0.15) is 6.10 Å². The van der Waals surface area contributed by atoms with Crippen molar-refractivity contribution < 1.29 is 10.1 Å². The summed E-state index contributed by atoms with van der Waals surface area (Å²) in [5, 5.41) is 14.2. The van der Waals surface area contributed by atoms with Gasteiger partial charge >= 0.3 is 0 Å². The van der Waals surface area contributed by atoms with Gasteiger partial charge in [0, 0.05) is 11.1 Å². The lowest BCUT2D eigenvalue weighted by atomic mass is 9.97. The van der Waals surface area contributed by atoms with Crippen LogP contribution in [0.25, 0.3) is 10.8 Å². The first-order chi connectivity index (χ1) is 19.7. The first-order valence-electron chi connectivity index (χ1n) is 14.0. The molecule has 0 saturated heterocycles. The Morgan fingerprint density at radius 2 is 1.18 bits per heavy atom. The molecule has 0 aliphatic carbocycles. The van der Waals surface area contributed by atoms with E-state index in [1.807, 2.05) is 116 Å². The van der Waals surface area contributed by atoms with E-state index in [0.29, 0.717) is 0 Å². The molecule has 0 fully saturated rings. The summed E-state index contributed by atoms with van der Waals surface area (Å²) < 4.78 is 0. The molecule has 2 unspecified atom stereocenters. The van der Waals surface area contributed by atoms with Crippen LogP contribution in [0.4, 0.5) is 5.69 Å². The lowest BCUT2D eigenvalue weighted by Gasteiger charge is -2.15. The third-order valence-electron chi connectivity index (χ3n) is 5.18.